The van der Waals surface area contributed by atoms with Crippen molar-refractivity contribution < 1.29 is 32.2 Å². The normalized spacial score (nSPS) is 13.3. The highest BCUT2D eigenvalue weighted by Crippen LogP contribution is 2.31. The average Bonchev–Trinajstić information content (AvgIpc) is 3.51. The molecular weight excluding hydrogens is 539 g/mol. The fraction of sp³-hybridized carbons (Fsp3) is 0.172. The molecule has 41 heavy (non-hydrogen) atoms. The summed E-state index contributed by atoms with van der Waals surface area (Å²) in [5, 5.41) is 9.72. The van der Waals surface area contributed by atoms with Gasteiger partial charge < -0.3 is 14.8 Å². The van der Waals surface area contributed by atoms with Gasteiger partial charge in [0.05, 0.1) is 11.3 Å². The van der Waals surface area contributed by atoms with Gasteiger partial charge in [-0.2, -0.15) is 0 Å². The van der Waals surface area contributed by atoms with Crippen LogP contribution in [0.15, 0.2) is 72.9 Å². The predicted molar refractivity (Wildman–Crippen MR) is 144 cm³/mol. The minimum atomic E-state index is -4.77. The number of urea groups is 1. The zero-order valence-corrected chi connectivity index (χ0v) is 22.2. The lowest BCUT2D eigenvalue weighted by Gasteiger charge is -2.13. The van der Waals surface area contributed by atoms with Crippen LogP contribution in [0.3, 0.4) is 0 Å². The topological polar surface area (TPSA) is 107 Å². The Bertz CT molecular complexity index is 1640. The number of hydrogen-bond donors (Lipinski definition) is 2. The van der Waals surface area contributed by atoms with E-state index in [1.807, 2.05) is 32.9 Å². The van der Waals surface area contributed by atoms with E-state index in [2.05, 4.69) is 25.5 Å². The third kappa shape index (κ3) is 6.21. The minimum absolute atomic E-state index is 0.104. The molecule has 1 aliphatic heterocycles. The van der Waals surface area contributed by atoms with Crippen LogP contribution in [0.2, 0.25) is 0 Å². The largest absolute Gasteiger partial charge is 0.573 e. The SMILES string of the molecule is Cc1cc(C)c(C2=C(NC(=O)Nc3ccc(-c4ncn(-c5ccc(OC(F)(F)F)cc5)n4)cc3)OCC2=O)c(C)c1. The second-order valence-electron chi connectivity index (χ2n) is 9.40. The van der Waals surface area contributed by atoms with E-state index < -0.39 is 12.4 Å². The van der Waals surface area contributed by atoms with Crippen LogP contribution in [0.5, 0.6) is 5.75 Å². The molecule has 9 nitrogen and oxygen atoms in total. The molecule has 0 saturated heterocycles. The number of ketones is 1. The number of ether oxygens (including phenoxy) is 2. The van der Waals surface area contributed by atoms with Crippen molar-refractivity contribution in [3.63, 3.8) is 0 Å². The van der Waals surface area contributed by atoms with Crippen molar-refractivity contribution in [3.05, 3.63) is 95.1 Å². The average molecular weight is 564 g/mol. The molecule has 1 aromatic heterocycles. The third-order valence-corrected chi connectivity index (χ3v) is 6.24. The lowest BCUT2D eigenvalue weighted by molar-refractivity contribution is -0.274. The molecule has 0 radical (unpaired) electrons. The number of rotatable bonds is 6. The monoisotopic (exact) mass is 563 g/mol. The standard InChI is InChI=1S/C29H24F3N5O4/c1-16-12-17(2)24(18(3)13-16)25-23(38)14-40-27(25)35-28(39)34-20-6-4-19(5-7-20)26-33-15-37(36-26)21-8-10-22(11-9-21)41-29(30,31)32/h4-13,15H,14H2,1-3H3,(H2,34,35,39). The van der Waals surface area contributed by atoms with Gasteiger partial charge in [-0.1, -0.05) is 17.7 Å². The molecule has 0 unspecified atom stereocenters. The van der Waals surface area contributed by atoms with Crippen LogP contribution in [-0.2, 0) is 9.53 Å². The van der Waals surface area contributed by atoms with Gasteiger partial charge in [0.25, 0.3) is 0 Å². The van der Waals surface area contributed by atoms with E-state index in [1.165, 1.54) is 35.3 Å². The minimum Gasteiger partial charge on any atom is -0.470 e. The Morgan fingerprint density at radius 1 is 0.976 bits per heavy atom. The van der Waals surface area contributed by atoms with Crippen LogP contribution in [0.4, 0.5) is 23.7 Å². The Kier molecular flexibility index (Phi) is 7.22. The van der Waals surface area contributed by atoms with Gasteiger partial charge in [-0.15, -0.1) is 18.3 Å². The van der Waals surface area contributed by atoms with Crippen LogP contribution in [-0.4, -0.2) is 39.5 Å². The van der Waals surface area contributed by atoms with E-state index in [9.17, 15) is 22.8 Å². The quantitative estimate of drug-likeness (QED) is 0.305. The summed E-state index contributed by atoms with van der Waals surface area (Å²) in [4.78, 5) is 29.6. The number of hydrogen-bond acceptors (Lipinski definition) is 6. The summed E-state index contributed by atoms with van der Waals surface area (Å²) in [6.07, 6.45) is -3.34. The summed E-state index contributed by atoms with van der Waals surface area (Å²) < 4.78 is 47.9. The Morgan fingerprint density at radius 2 is 1.63 bits per heavy atom. The van der Waals surface area contributed by atoms with Crippen LogP contribution >= 0.6 is 0 Å². The van der Waals surface area contributed by atoms with Crippen LogP contribution in [0, 0.1) is 20.8 Å². The number of nitrogens with one attached hydrogen (secondary N) is 2. The lowest BCUT2D eigenvalue weighted by Crippen LogP contribution is -2.29. The molecule has 0 atom stereocenters. The Morgan fingerprint density at radius 3 is 2.27 bits per heavy atom. The number of alkyl halides is 3. The molecule has 4 aromatic rings. The third-order valence-electron chi connectivity index (χ3n) is 6.24. The first kappa shape index (κ1) is 27.4. The summed E-state index contributed by atoms with van der Waals surface area (Å²) in [7, 11) is 0. The van der Waals surface area contributed by atoms with E-state index in [0.717, 1.165) is 22.3 Å². The highest BCUT2D eigenvalue weighted by Gasteiger charge is 2.31. The summed E-state index contributed by atoms with van der Waals surface area (Å²) in [6.45, 7) is 5.64. The van der Waals surface area contributed by atoms with Crippen LogP contribution < -0.4 is 15.4 Å². The van der Waals surface area contributed by atoms with E-state index in [-0.39, 0.29) is 24.0 Å². The molecule has 0 bridgehead atoms. The number of benzene rings is 3. The van der Waals surface area contributed by atoms with E-state index >= 15 is 0 Å². The number of Topliss-reactive ketones (excluding diaryl/α,β-unsaturated/α-hetero) is 1. The summed E-state index contributed by atoms with van der Waals surface area (Å²) in [5.41, 5.74) is 5.59. The number of amides is 2. The van der Waals surface area contributed by atoms with Gasteiger partial charge >= 0.3 is 12.4 Å². The van der Waals surface area contributed by atoms with Gasteiger partial charge in [0.1, 0.15) is 12.1 Å². The smallest absolute Gasteiger partial charge is 0.470 e. The van der Waals surface area contributed by atoms with Gasteiger partial charge in [-0.3, -0.25) is 10.1 Å². The zero-order valence-electron chi connectivity index (χ0n) is 22.2. The molecular formula is C29H24F3N5O4. The molecule has 2 heterocycles. The molecule has 0 aliphatic carbocycles. The zero-order chi connectivity index (χ0) is 29.3. The maximum Gasteiger partial charge on any atom is 0.573 e. The first-order valence-electron chi connectivity index (χ1n) is 12.4. The molecule has 1 aliphatic rings. The maximum absolute atomic E-state index is 12.7. The highest BCUT2D eigenvalue weighted by molar-refractivity contribution is 6.24. The van der Waals surface area contributed by atoms with Crippen LogP contribution in [0.25, 0.3) is 22.6 Å². The first-order valence-corrected chi connectivity index (χ1v) is 12.4. The van der Waals surface area contributed by atoms with Crippen molar-refractivity contribution in [2.45, 2.75) is 27.1 Å². The Balaban J connectivity index is 1.26. The second-order valence-corrected chi connectivity index (χ2v) is 9.40. The first-order chi connectivity index (χ1) is 19.5. The lowest BCUT2D eigenvalue weighted by atomic mass is 9.92. The number of aryl methyl sites for hydroxylation is 3. The molecule has 3 aromatic carbocycles. The Labute approximate surface area is 232 Å². The number of anilines is 1. The summed E-state index contributed by atoms with van der Waals surface area (Å²) >= 11 is 0. The molecule has 2 N–H and O–H groups in total. The molecule has 210 valence electrons. The predicted octanol–water partition coefficient (Wildman–Crippen LogP) is 5.85. The van der Waals surface area contributed by atoms with Gasteiger partial charge in [0.15, 0.2) is 12.4 Å². The van der Waals surface area contributed by atoms with Gasteiger partial charge in [0.2, 0.25) is 11.7 Å². The van der Waals surface area contributed by atoms with E-state index in [4.69, 9.17) is 4.74 Å². The van der Waals surface area contributed by atoms with Crippen molar-refractivity contribution in [2.75, 3.05) is 11.9 Å². The number of carbonyl (C=O) groups is 2. The maximum atomic E-state index is 12.7. The van der Waals surface area contributed by atoms with Crippen molar-refractivity contribution in [3.8, 4) is 22.8 Å². The number of halogens is 3. The van der Waals surface area contributed by atoms with E-state index in [0.29, 0.717) is 28.3 Å². The fourth-order valence-corrected chi connectivity index (χ4v) is 4.62. The number of nitrogens with zero attached hydrogens (tertiary/aromatic N) is 3. The molecule has 12 heteroatoms. The highest BCUT2D eigenvalue weighted by atomic mass is 19.4. The molecule has 2 amide bonds. The molecule has 5 rings (SSSR count). The fourth-order valence-electron chi connectivity index (χ4n) is 4.62. The van der Waals surface area contributed by atoms with Gasteiger partial charge in [-0.25, -0.2) is 14.5 Å². The van der Waals surface area contributed by atoms with Crippen molar-refractivity contribution in [1.29, 1.82) is 0 Å². The van der Waals surface area contributed by atoms with Gasteiger partial charge in [-0.05, 0) is 86.0 Å². The number of carbonyl (C=O) groups excluding carboxylic acids is 2. The van der Waals surface area contributed by atoms with Crippen molar-refractivity contribution in [1.82, 2.24) is 20.1 Å². The van der Waals surface area contributed by atoms with Crippen molar-refractivity contribution >= 4 is 23.1 Å². The van der Waals surface area contributed by atoms with Crippen LogP contribution in [0.1, 0.15) is 22.3 Å². The molecule has 0 saturated carbocycles. The van der Waals surface area contributed by atoms with E-state index in [1.54, 1.807) is 24.3 Å². The summed E-state index contributed by atoms with van der Waals surface area (Å²) in [5.74, 6) is -0.0787. The molecule has 0 fully saturated rings. The molecule has 0 spiro atoms. The Hall–Kier alpha value is -5.13. The summed E-state index contributed by atoms with van der Waals surface area (Å²) in [6, 6.07) is 15.3. The van der Waals surface area contributed by atoms with Crippen molar-refractivity contribution in [2.24, 2.45) is 0 Å². The van der Waals surface area contributed by atoms with Gasteiger partial charge in [0, 0.05) is 11.3 Å². The number of aromatic nitrogens is 3. The second kappa shape index (κ2) is 10.8.